The minimum Gasteiger partial charge on any atom is -0.485 e. The molecule has 0 unspecified atom stereocenters. The van der Waals surface area contributed by atoms with E-state index in [0.29, 0.717) is 24.9 Å². The third-order valence-corrected chi connectivity index (χ3v) is 11.2. The van der Waals surface area contributed by atoms with Crippen LogP contribution in [0.25, 0.3) is 0 Å². The van der Waals surface area contributed by atoms with Crippen molar-refractivity contribution in [2.75, 3.05) is 0 Å². The summed E-state index contributed by atoms with van der Waals surface area (Å²) in [4.78, 5) is 46.3. The summed E-state index contributed by atoms with van der Waals surface area (Å²) < 4.78 is 21.9. The van der Waals surface area contributed by atoms with Crippen molar-refractivity contribution in [3.8, 4) is 0 Å². The van der Waals surface area contributed by atoms with E-state index >= 15 is 0 Å². The van der Waals surface area contributed by atoms with E-state index in [2.05, 4.69) is 0 Å². The van der Waals surface area contributed by atoms with Crippen molar-refractivity contribution in [3.05, 3.63) is 0 Å². The zero-order valence-corrected chi connectivity index (χ0v) is 18.5. The van der Waals surface area contributed by atoms with Gasteiger partial charge in [-0.05, 0) is 0 Å². The molecule has 0 bridgehead atoms. The van der Waals surface area contributed by atoms with Gasteiger partial charge in [0.15, 0.2) is 0 Å². The van der Waals surface area contributed by atoms with E-state index in [1.807, 2.05) is 13.8 Å². The predicted octanol–water partition coefficient (Wildman–Crippen LogP) is 2.94. The number of rotatable bonds is 11. The Balaban J connectivity index is 5.70. The molecule has 0 N–H and O–H groups in total. The molecule has 0 aliphatic carbocycles. The second kappa shape index (κ2) is 11.1. The fourth-order valence-corrected chi connectivity index (χ4v) is 11.0. The van der Waals surface area contributed by atoms with Crippen molar-refractivity contribution in [3.63, 3.8) is 0 Å². The molecule has 0 radical (unpaired) electrons. The Hall–Kier alpha value is -1.69. The largest absolute Gasteiger partial charge is 0.485 e. The maximum atomic E-state index is 11.6. The summed E-state index contributed by atoms with van der Waals surface area (Å²) in [6, 6.07) is 1.27. The first kappa shape index (κ1) is 24.3. The quantitative estimate of drug-likeness (QED) is 0.482. The topological polar surface area (TPSA) is 105 Å². The van der Waals surface area contributed by atoms with E-state index in [9.17, 15) is 19.2 Å². The van der Waals surface area contributed by atoms with Crippen molar-refractivity contribution in [1.82, 2.24) is 0 Å². The summed E-state index contributed by atoms with van der Waals surface area (Å²) in [7, 11) is -6.42. The Morgan fingerprint density at radius 1 is 0.538 bits per heavy atom. The van der Waals surface area contributed by atoms with Gasteiger partial charge in [-0.2, -0.15) is 0 Å². The molecule has 0 rings (SSSR count). The normalized spacial score (nSPS) is 11.5. The van der Waals surface area contributed by atoms with Crippen LogP contribution in [0.5, 0.6) is 0 Å². The lowest BCUT2D eigenvalue weighted by Gasteiger charge is -2.33. The van der Waals surface area contributed by atoms with Gasteiger partial charge in [-0.3, -0.25) is 19.2 Å². The first-order chi connectivity index (χ1) is 12.0. The van der Waals surface area contributed by atoms with Gasteiger partial charge in [0.2, 0.25) is 0 Å². The molecule has 8 nitrogen and oxygen atoms in total. The molecule has 0 aromatic heterocycles. The summed E-state index contributed by atoms with van der Waals surface area (Å²) in [5.41, 5.74) is 0. The third kappa shape index (κ3) is 9.13. The van der Waals surface area contributed by atoms with Crippen molar-refractivity contribution in [2.45, 2.75) is 78.6 Å². The van der Waals surface area contributed by atoms with Crippen LogP contribution in [0.3, 0.4) is 0 Å². The van der Waals surface area contributed by atoms with Crippen LogP contribution in [-0.2, 0) is 36.9 Å². The highest BCUT2D eigenvalue weighted by atomic mass is 28.4. The van der Waals surface area contributed by atoms with Gasteiger partial charge in [0.25, 0.3) is 23.9 Å². The lowest BCUT2D eigenvalue weighted by Crippen LogP contribution is -2.50. The van der Waals surface area contributed by atoms with Gasteiger partial charge in [-0.25, -0.2) is 0 Å². The summed E-state index contributed by atoms with van der Waals surface area (Å²) >= 11 is 0. The molecule has 0 atom stereocenters. The molecule has 0 aliphatic rings. The van der Waals surface area contributed by atoms with Crippen molar-refractivity contribution >= 4 is 41.0 Å². The second-order valence-corrected chi connectivity index (χ2v) is 12.7. The second-order valence-electron chi connectivity index (χ2n) is 6.20. The van der Waals surface area contributed by atoms with E-state index in [1.54, 1.807) is 0 Å². The molecule has 0 fully saturated rings. The fourth-order valence-electron chi connectivity index (χ4n) is 2.89. The van der Waals surface area contributed by atoms with Crippen LogP contribution in [0, 0.1) is 0 Å². The molecule has 0 aliphatic heterocycles. The first-order valence-electron chi connectivity index (χ1n) is 8.78. The highest BCUT2D eigenvalue weighted by Crippen LogP contribution is 2.31. The Morgan fingerprint density at radius 2 is 0.769 bits per heavy atom. The number of carbonyl (C=O) groups is 4. The molecule has 150 valence electrons. The molecular weight excluding hydrogens is 376 g/mol. The van der Waals surface area contributed by atoms with Crippen molar-refractivity contribution in [2.24, 2.45) is 0 Å². The summed E-state index contributed by atoms with van der Waals surface area (Å²) in [6.45, 7) is 8.82. The van der Waals surface area contributed by atoms with Gasteiger partial charge in [0.1, 0.15) is 0 Å². The third-order valence-electron chi connectivity index (χ3n) is 3.47. The minimum atomic E-state index is -3.21. The van der Waals surface area contributed by atoms with Crippen molar-refractivity contribution in [1.29, 1.82) is 0 Å². The molecule has 0 heterocycles. The summed E-state index contributed by atoms with van der Waals surface area (Å²) in [5, 5.41) is 0. The lowest BCUT2D eigenvalue weighted by molar-refractivity contribution is -0.141. The van der Waals surface area contributed by atoms with Crippen LogP contribution in [-0.4, -0.2) is 41.0 Å². The maximum Gasteiger partial charge on any atom is 0.464 e. The van der Waals surface area contributed by atoms with E-state index < -0.39 is 41.0 Å². The fraction of sp³-hybridized carbons (Fsp3) is 0.750. The van der Waals surface area contributed by atoms with Gasteiger partial charge in [-0.1, -0.05) is 26.7 Å². The minimum absolute atomic E-state index is 0.215. The Bertz CT molecular complexity index is 442. The molecule has 0 spiro atoms. The zero-order chi connectivity index (χ0) is 20.4. The van der Waals surface area contributed by atoms with Crippen LogP contribution in [0.1, 0.15) is 54.4 Å². The standard InChI is InChI=1S/C16H30O8Si2/c1-7-9-25(21-13(3)17,22-14(4)18)11-12-26(10-8-2,23-15(5)19)24-16(6)20/h7-12H2,1-6H3. The zero-order valence-electron chi connectivity index (χ0n) is 16.5. The van der Waals surface area contributed by atoms with Crippen molar-refractivity contribution < 1.29 is 36.9 Å². The predicted molar refractivity (Wildman–Crippen MR) is 98.4 cm³/mol. The Morgan fingerprint density at radius 3 is 0.923 bits per heavy atom. The van der Waals surface area contributed by atoms with E-state index in [1.165, 1.54) is 27.7 Å². The highest BCUT2D eigenvalue weighted by molar-refractivity contribution is 6.75. The van der Waals surface area contributed by atoms with E-state index in [0.717, 1.165) is 0 Å². The maximum absolute atomic E-state index is 11.6. The lowest BCUT2D eigenvalue weighted by atomic mass is 10.6. The summed E-state index contributed by atoms with van der Waals surface area (Å²) in [5.74, 6) is -2.13. The SMILES string of the molecule is CCC[Si](CC[Si](CCC)(OC(C)=O)OC(C)=O)(OC(C)=O)OC(C)=O. The molecule has 0 amide bonds. The molecule has 0 saturated heterocycles. The highest BCUT2D eigenvalue weighted by Gasteiger charge is 2.50. The number of hydrogen-bond acceptors (Lipinski definition) is 8. The molecule has 0 aromatic carbocycles. The van der Waals surface area contributed by atoms with Crippen LogP contribution < -0.4 is 0 Å². The van der Waals surface area contributed by atoms with Gasteiger partial charge in [-0.15, -0.1) is 0 Å². The van der Waals surface area contributed by atoms with E-state index in [-0.39, 0.29) is 12.1 Å². The van der Waals surface area contributed by atoms with Crippen LogP contribution >= 0.6 is 0 Å². The number of hydrogen-bond donors (Lipinski definition) is 0. The Labute approximate surface area is 157 Å². The average molecular weight is 407 g/mol. The molecule has 26 heavy (non-hydrogen) atoms. The van der Waals surface area contributed by atoms with Gasteiger partial charge < -0.3 is 17.7 Å². The smallest absolute Gasteiger partial charge is 0.464 e. The molecule has 10 heteroatoms. The summed E-state index contributed by atoms with van der Waals surface area (Å²) in [6.07, 6.45) is 1.30. The monoisotopic (exact) mass is 406 g/mol. The first-order valence-corrected chi connectivity index (χ1v) is 13.2. The molecule has 0 aromatic rings. The molecule has 0 saturated carbocycles. The van der Waals surface area contributed by atoms with Crippen LogP contribution in [0.15, 0.2) is 0 Å². The van der Waals surface area contributed by atoms with Crippen LogP contribution in [0.4, 0.5) is 0 Å². The van der Waals surface area contributed by atoms with Gasteiger partial charge in [0.05, 0.1) is 0 Å². The van der Waals surface area contributed by atoms with Crippen LogP contribution in [0.2, 0.25) is 24.2 Å². The number of carbonyl (C=O) groups excluding carboxylic acids is 4. The van der Waals surface area contributed by atoms with Gasteiger partial charge >= 0.3 is 17.1 Å². The molecular formula is C16H30O8Si2. The van der Waals surface area contributed by atoms with Gasteiger partial charge in [0, 0.05) is 51.9 Å². The Kier molecular flexibility index (Phi) is 10.4. The average Bonchev–Trinajstić information content (AvgIpc) is 2.43. The van der Waals surface area contributed by atoms with E-state index in [4.69, 9.17) is 17.7 Å².